The molecule has 0 aliphatic rings. The minimum atomic E-state index is -0.318. The van der Waals surface area contributed by atoms with Crippen molar-refractivity contribution in [3.8, 4) is 5.69 Å². The first kappa shape index (κ1) is 15.6. The number of tetrazole rings is 1. The number of benzene rings is 2. The summed E-state index contributed by atoms with van der Waals surface area (Å²) >= 11 is 0. The van der Waals surface area contributed by atoms with E-state index in [0.29, 0.717) is 18.7 Å². The maximum absolute atomic E-state index is 13.1. The molecule has 0 fully saturated rings. The number of nitrogens with one attached hydrogen (secondary N) is 2. The van der Waals surface area contributed by atoms with Gasteiger partial charge in [-0.3, -0.25) is 0 Å². The standard InChI is InChI=1S/C16H15FN6O/c17-13-3-1-2-12(10-13)8-9-18-16(24)20-14-4-6-15(7-5-14)23-11-19-21-22-23/h1-7,10-11H,8-9H2,(H2,18,20,24). The van der Waals surface area contributed by atoms with Gasteiger partial charge >= 0.3 is 6.03 Å². The number of hydrogen-bond acceptors (Lipinski definition) is 4. The normalized spacial score (nSPS) is 10.4. The lowest BCUT2D eigenvalue weighted by atomic mass is 10.1. The van der Waals surface area contributed by atoms with Gasteiger partial charge in [0.1, 0.15) is 12.1 Å². The molecule has 0 spiro atoms. The van der Waals surface area contributed by atoms with Gasteiger partial charge in [-0.15, -0.1) is 5.10 Å². The predicted octanol–water partition coefficient (Wildman–Crippen LogP) is 2.17. The topological polar surface area (TPSA) is 84.7 Å². The molecule has 2 N–H and O–H groups in total. The molecule has 2 aromatic carbocycles. The van der Waals surface area contributed by atoms with Crippen LogP contribution in [-0.4, -0.2) is 32.8 Å². The molecule has 24 heavy (non-hydrogen) atoms. The maximum atomic E-state index is 13.1. The van der Waals surface area contributed by atoms with E-state index in [1.54, 1.807) is 30.3 Å². The van der Waals surface area contributed by atoms with Gasteiger partial charge in [0.2, 0.25) is 0 Å². The molecule has 7 nitrogen and oxygen atoms in total. The Morgan fingerprint density at radius 2 is 2.00 bits per heavy atom. The maximum Gasteiger partial charge on any atom is 0.319 e. The highest BCUT2D eigenvalue weighted by Gasteiger charge is 2.03. The quantitative estimate of drug-likeness (QED) is 0.752. The Balaban J connectivity index is 1.48. The van der Waals surface area contributed by atoms with E-state index in [4.69, 9.17) is 0 Å². The first-order valence-corrected chi connectivity index (χ1v) is 7.33. The third-order valence-electron chi connectivity index (χ3n) is 3.33. The zero-order valence-electron chi connectivity index (χ0n) is 12.7. The van der Waals surface area contributed by atoms with Crippen LogP contribution in [0.4, 0.5) is 14.9 Å². The van der Waals surface area contributed by atoms with E-state index in [1.165, 1.54) is 23.1 Å². The molecule has 3 rings (SSSR count). The first-order valence-electron chi connectivity index (χ1n) is 7.33. The van der Waals surface area contributed by atoms with Crippen molar-refractivity contribution in [3.05, 3.63) is 66.2 Å². The van der Waals surface area contributed by atoms with Crippen LogP contribution in [0.3, 0.4) is 0 Å². The van der Waals surface area contributed by atoms with E-state index in [2.05, 4.69) is 26.2 Å². The fraction of sp³-hybridized carbons (Fsp3) is 0.125. The number of halogens is 1. The van der Waals surface area contributed by atoms with Crippen molar-refractivity contribution in [3.63, 3.8) is 0 Å². The molecule has 0 saturated heterocycles. The molecule has 1 aromatic heterocycles. The van der Waals surface area contributed by atoms with Crippen molar-refractivity contribution in [1.29, 1.82) is 0 Å². The van der Waals surface area contributed by atoms with Crippen LogP contribution in [0.15, 0.2) is 54.9 Å². The van der Waals surface area contributed by atoms with E-state index in [-0.39, 0.29) is 11.8 Å². The predicted molar refractivity (Wildman–Crippen MR) is 86.3 cm³/mol. The van der Waals surface area contributed by atoms with Crippen molar-refractivity contribution in [2.45, 2.75) is 6.42 Å². The Morgan fingerprint density at radius 3 is 2.71 bits per heavy atom. The molecular weight excluding hydrogens is 311 g/mol. The van der Waals surface area contributed by atoms with Crippen molar-refractivity contribution in [2.24, 2.45) is 0 Å². The Bertz CT molecular complexity index is 804. The first-order chi connectivity index (χ1) is 11.7. The summed E-state index contributed by atoms with van der Waals surface area (Å²) in [7, 11) is 0. The van der Waals surface area contributed by atoms with Gasteiger partial charge in [0.05, 0.1) is 5.69 Å². The summed E-state index contributed by atoms with van der Waals surface area (Å²) in [5.74, 6) is -0.278. The van der Waals surface area contributed by atoms with E-state index < -0.39 is 0 Å². The van der Waals surface area contributed by atoms with Crippen LogP contribution in [0.1, 0.15) is 5.56 Å². The second-order valence-electron chi connectivity index (χ2n) is 5.06. The van der Waals surface area contributed by atoms with Gasteiger partial charge in [-0.2, -0.15) is 0 Å². The summed E-state index contributed by atoms with van der Waals surface area (Å²) in [4.78, 5) is 11.8. The fourth-order valence-electron chi connectivity index (χ4n) is 2.17. The molecule has 0 aliphatic carbocycles. The van der Waals surface area contributed by atoms with Gasteiger partial charge in [0.25, 0.3) is 0 Å². The Kier molecular flexibility index (Phi) is 4.76. The van der Waals surface area contributed by atoms with Crippen molar-refractivity contribution < 1.29 is 9.18 Å². The molecule has 0 unspecified atom stereocenters. The Morgan fingerprint density at radius 1 is 1.17 bits per heavy atom. The molecule has 8 heteroatoms. The smallest absolute Gasteiger partial charge is 0.319 e. The van der Waals surface area contributed by atoms with Crippen molar-refractivity contribution in [2.75, 3.05) is 11.9 Å². The van der Waals surface area contributed by atoms with Gasteiger partial charge in [0.15, 0.2) is 0 Å². The summed E-state index contributed by atoms with van der Waals surface area (Å²) in [5, 5.41) is 16.4. The average Bonchev–Trinajstić information content (AvgIpc) is 3.10. The molecule has 0 atom stereocenters. The van der Waals surface area contributed by atoms with Gasteiger partial charge in [-0.25, -0.2) is 13.9 Å². The highest BCUT2D eigenvalue weighted by molar-refractivity contribution is 5.89. The van der Waals surface area contributed by atoms with Crippen LogP contribution in [0.2, 0.25) is 0 Å². The van der Waals surface area contributed by atoms with Gasteiger partial charge in [-0.1, -0.05) is 12.1 Å². The SMILES string of the molecule is O=C(NCCc1cccc(F)c1)Nc1ccc(-n2cnnn2)cc1. The van der Waals surface area contributed by atoms with Crippen LogP contribution in [0, 0.1) is 5.82 Å². The second-order valence-corrected chi connectivity index (χ2v) is 5.06. The minimum Gasteiger partial charge on any atom is -0.338 e. The van der Waals surface area contributed by atoms with Crippen LogP contribution in [0.5, 0.6) is 0 Å². The third-order valence-corrected chi connectivity index (χ3v) is 3.33. The second kappa shape index (κ2) is 7.32. The number of carbonyl (C=O) groups is 1. The number of amides is 2. The number of carbonyl (C=O) groups excluding carboxylic acids is 1. The summed E-state index contributed by atoms with van der Waals surface area (Å²) in [6.45, 7) is 0.415. The van der Waals surface area contributed by atoms with E-state index in [0.717, 1.165) is 11.3 Å². The molecule has 0 bridgehead atoms. The number of hydrogen-bond donors (Lipinski definition) is 2. The van der Waals surface area contributed by atoms with Gasteiger partial charge in [-0.05, 0) is 58.8 Å². The van der Waals surface area contributed by atoms with Gasteiger partial charge in [0, 0.05) is 12.2 Å². The number of rotatable bonds is 5. The van der Waals surface area contributed by atoms with Crippen molar-refractivity contribution >= 4 is 11.7 Å². The van der Waals surface area contributed by atoms with Crippen LogP contribution < -0.4 is 10.6 Å². The molecule has 122 valence electrons. The lowest BCUT2D eigenvalue weighted by Gasteiger charge is -2.08. The molecule has 2 amide bonds. The summed E-state index contributed by atoms with van der Waals surface area (Å²) in [6.07, 6.45) is 2.05. The monoisotopic (exact) mass is 326 g/mol. The zero-order chi connectivity index (χ0) is 16.8. The van der Waals surface area contributed by atoms with Gasteiger partial charge < -0.3 is 10.6 Å². The molecule has 3 aromatic rings. The molecule has 0 saturated carbocycles. The largest absolute Gasteiger partial charge is 0.338 e. The number of anilines is 1. The average molecular weight is 326 g/mol. The molecule has 0 aliphatic heterocycles. The van der Waals surface area contributed by atoms with E-state index in [1.807, 2.05) is 6.07 Å². The highest BCUT2D eigenvalue weighted by atomic mass is 19.1. The number of nitrogens with zero attached hydrogens (tertiary/aromatic N) is 4. The lowest BCUT2D eigenvalue weighted by Crippen LogP contribution is -2.30. The Labute approximate surface area is 137 Å². The van der Waals surface area contributed by atoms with Crippen LogP contribution in [-0.2, 0) is 6.42 Å². The molecule has 1 heterocycles. The fourth-order valence-corrected chi connectivity index (χ4v) is 2.17. The molecule has 0 radical (unpaired) electrons. The summed E-state index contributed by atoms with van der Waals surface area (Å²) in [5.41, 5.74) is 2.27. The highest BCUT2D eigenvalue weighted by Crippen LogP contribution is 2.11. The minimum absolute atomic E-state index is 0.278. The van der Waals surface area contributed by atoms with Crippen molar-refractivity contribution in [1.82, 2.24) is 25.5 Å². The zero-order valence-corrected chi connectivity index (χ0v) is 12.7. The third kappa shape index (κ3) is 4.13. The molecular formula is C16H15FN6O. The van der Waals surface area contributed by atoms with Crippen LogP contribution in [0.25, 0.3) is 5.69 Å². The van der Waals surface area contributed by atoms with E-state index in [9.17, 15) is 9.18 Å². The number of urea groups is 1. The van der Waals surface area contributed by atoms with Crippen LogP contribution >= 0.6 is 0 Å². The Hall–Kier alpha value is -3.29. The number of aromatic nitrogens is 4. The summed E-state index contributed by atoms with van der Waals surface area (Å²) < 4.78 is 14.6. The lowest BCUT2D eigenvalue weighted by molar-refractivity contribution is 0.252. The summed E-state index contributed by atoms with van der Waals surface area (Å²) in [6, 6.07) is 13.1. The van der Waals surface area contributed by atoms with E-state index >= 15 is 0 Å².